The van der Waals surface area contributed by atoms with Gasteiger partial charge >= 0.3 is 0 Å². The molecule has 1 heterocycles. The molecule has 0 unspecified atom stereocenters. The predicted octanol–water partition coefficient (Wildman–Crippen LogP) is 5.34. The Morgan fingerprint density at radius 2 is 1.75 bits per heavy atom. The number of aryl methyl sites for hydroxylation is 3. The van der Waals surface area contributed by atoms with E-state index in [1.54, 1.807) is 0 Å². The van der Waals surface area contributed by atoms with E-state index in [-0.39, 0.29) is 0 Å². The predicted molar refractivity (Wildman–Crippen MR) is 98.7 cm³/mol. The summed E-state index contributed by atoms with van der Waals surface area (Å²) in [6, 6.07) is 14.4. The normalized spacial score (nSPS) is 11.9. The molecule has 0 amide bonds. The van der Waals surface area contributed by atoms with Crippen LogP contribution in [0.4, 0.5) is 0 Å². The Morgan fingerprint density at radius 3 is 2.42 bits per heavy atom. The number of para-hydroxylation sites is 1. The van der Waals surface area contributed by atoms with Gasteiger partial charge in [-0.05, 0) is 56.5 Å². The Morgan fingerprint density at radius 1 is 1.04 bits per heavy atom. The third-order valence-corrected chi connectivity index (χ3v) is 4.20. The highest BCUT2D eigenvalue weighted by Gasteiger charge is 2.15. The minimum absolute atomic E-state index is 0.537. The summed E-state index contributed by atoms with van der Waals surface area (Å²) in [6.07, 6.45) is 0.692. The minimum Gasteiger partial charge on any atom is -0.455 e. The molecule has 0 N–H and O–H groups in total. The van der Waals surface area contributed by atoms with Crippen molar-refractivity contribution in [3.05, 3.63) is 70.5 Å². The number of oxime groups is 1. The SMILES string of the molecule is CCO/N=C(\Cc1c(C)cc(C)cc1C)c1cc2ccccc2o1. The van der Waals surface area contributed by atoms with E-state index in [0.717, 1.165) is 22.4 Å². The van der Waals surface area contributed by atoms with Crippen LogP contribution in [0.1, 0.15) is 34.9 Å². The van der Waals surface area contributed by atoms with Crippen LogP contribution in [-0.2, 0) is 11.3 Å². The summed E-state index contributed by atoms with van der Waals surface area (Å²) in [5.41, 5.74) is 6.79. The van der Waals surface area contributed by atoms with Crippen molar-refractivity contribution < 1.29 is 9.25 Å². The molecule has 3 rings (SSSR count). The number of nitrogens with zero attached hydrogens (tertiary/aromatic N) is 1. The average Bonchev–Trinajstić information content (AvgIpc) is 2.97. The van der Waals surface area contributed by atoms with Gasteiger partial charge in [0.1, 0.15) is 17.9 Å². The van der Waals surface area contributed by atoms with E-state index in [9.17, 15) is 0 Å². The molecule has 0 saturated heterocycles. The van der Waals surface area contributed by atoms with Crippen molar-refractivity contribution in [3.63, 3.8) is 0 Å². The number of hydrogen-bond acceptors (Lipinski definition) is 3. The monoisotopic (exact) mass is 321 g/mol. The number of furan rings is 1. The minimum atomic E-state index is 0.537. The topological polar surface area (TPSA) is 34.7 Å². The third kappa shape index (κ3) is 3.35. The highest BCUT2D eigenvalue weighted by atomic mass is 16.6. The fraction of sp³-hybridized carbons (Fsp3) is 0.286. The van der Waals surface area contributed by atoms with E-state index in [1.807, 2.05) is 37.3 Å². The highest BCUT2D eigenvalue weighted by molar-refractivity contribution is 6.02. The first-order chi connectivity index (χ1) is 11.6. The molecule has 124 valence electrons. The van der Waals surface area contributed by atoms with Gasteiger partial charge in [-0.2, -0.15) is 0 Å². The Labute approximate surface area is 142 Å². The molecule has 2 aromatic carbocycles. The lowest BCUT2D eigenvalue weighted by Crippen LogP contribution is -2.08. The Kier molecular flexibility index (Phi) is 4.70. The summed E-state index contributed by atoms with van der Waals surface area (Å²) >= 11 is 0. The van der Waals surface area contributed by atoms with Gasteiger partial charge in [-0.25, -0.2) is 0 Å². The summed E-state index contributed by atoms with van der Waals surface area (Å²) < 4.78 is 5.99. The molecule has 0 bridgehead atoms. The van der Waals surface area contributed by atoms with E-state index in [4.69, 9.17) is 9.25 Å². The summed E-state index contributed by atoms with van der Waals surface area (Å²) in [6.45, 7) is 8.88. The quantitative estimate of drug-likeness (QED) is 0.469. The van der Waals surface area contributed by atoms with Crippen molar-refractivity contribution in [3.8, 4) is 0 Å². The van der Waals surface area contributed by atoms with Crippen molar-refractivity contribution in [1.82, 2.24) is 0 Å². The summed E-state index contributed by atoms with van der Waals surface area (Å²) in [5.74, 6) is 0.768. The Bertz CT molecular complexity index is 834. The molecule has 0 saturated carbocycles. The van der Waals surface area contributed by atoms with Crippen LogP contribution in [0.5, 0.6) is 0 Å². The first-order valence-corrected chi connectivity index (χ1v) is 8.33. The molecule has 3 nitrogen and oxygen atoms in total. The average molecular weight is 321 g/mol. The Balaban J connectivity index is 2.01. The molecule has 3 aromatic rings. The molecular formula is C21H23NO2. The van der Waals surface area contributed by atoms with Crippen molar-refractivity contribution in [2.24, 2.45) is 5.16 Å². The molecule has 3 heteroatoms. The summed E-state index contributed by atoms with van der Waals surface area (Å²) in [5, 5.41) is 5.41. The van der Waals surface area contributed by atoms with Gasteiger partial charge in [0, 0.05) is 11.8 Å². The lowest BCUT2D eigenvalue weighted by molar-refractivity contribution is 0.158. The number of hydrogen-bond donors (Lipinski definition) is 0. The van der Waals surface area contributed by atoms with Crippen LogP contribution in [-0.4, -0.2) is 12.3 Å². The van der Waals surface area contributed by atoms with E-state index in [2.05, 4.69) is 38.1 Å². The Hall–Kier alpha value is -2.55. The third-order valence-electron chi connectivity index (χ3n) is 4.20. The lowest BCUT2D eigenvalue weighted by atomic mass is 9.95. The molecule has 24 heavy (non-hydrogen) atoms. The maximum Gasteiger partial charge on any atom is 0.153 e. The maximum absolute atomic E-state index is 5.99. The van der Waals surface area contributed by atoms with Gasteiger partial charge in [-0.3, -0.25) is 0 Å². The first kappa shape index (κ1) is 16.3. The molecule has 1 aromatic heterocycles. The standard InChI is InChI=1S/C21H23NO2/c1-5-23-22-19(13-18-15(3)10-14(2)11-16(18)4)21-12-17-8-6-7-9-20(17)24-21/h6-12H,5,13H2,1-4H3/b22-19+. The molecule has 0 aliphatic rings. The second-order valence-electron chi connectivity index (χ2n) is 6.16. The summed E-state index contributed by atoms with van der Waals surface area (Å²) in [7, 11) is 0. The molecular weight excluding hydrogens is 298 g/mol. The molecule has 0 spiro atoms. The lowest BCUT2D eigenvalue weighted by Gasteiger charge is -2.12. The van der Waals surface area contributed by atoms with E-state index >= 15 is 0 Å². The van der Waals surface area contributed by atoms with Crippen molar-refractivity contribution in [1.29, 1.82) is 0 Å². The molecule has 0 atom stereocenters. The second-order valence-corrected chi connectivity index (χ2v) is 6.16. The molecule has 0 radical (unpaired) electrons. The van der Waals surface area contributed by atoms with Gasteiger partial charge in [-0.1, -0.05) is 41.1 Å². The van der Waals surface area contributed by atoms with E-state index in [0.29, 0.717) is 13.0 Å². The largest absolute Gasteiger partial charge is 0.455 e. The molecule has 0 fully saturated rings. The van der Waals surface area contributed by atoms with Crippen LogP contribution in [0, 0.1) is 20.8 Å². The van der Waals surface area contributed by atoms with Gasteiger partial charge in [-0.15, -0.1) is 0 Å². The number of benzene rings is 2. The van der Waals surface area contributed by atoms with Gasteiger partial charge in [0.2, 0.25) is 0 Å². The number of rotatable bonds is 5. The zero-order valence-corrected chi connectivity index (χ0v) is 14.7. The highest BCUT2D eigenvalue weighted by Crippen LogP contribution is 2.23. The fourth-order valence-electron chi connectivity index (χ4n) is 3.09. The molecule has 0 aliphatic heterocycles. The van der Waals surface area contributed by atoms with Gasteiger partial charge in [0.15, 0.2) is 5.76 Å². The van der Waals surface area contributed by atoms with Crippen LogP contribution >= 0.6 is 0 Å². The van der Waals surface area contributed by atoms with Gasteiger partial charge in [0.05, 0.1) is 0 Å². The zero-order chi connectivity index (χ0) is 17.1. The van der Waals surface area contributed by atoms with Crippen LogP contribution in [0.25, 0.3) is 11.0 Å². The smallest absolute Gasteiger partial charge is 0.153 e. The van der Waals surface area contributed by atoms with Crippen LogP contribution in [0.2, 0.25) is 0 Å². The second kappa shape index (κ2) is 6.91. The zero-order valence-electron chi connectivity index (χ0n) is 14.7. The van der Waals surface area contributed by atoms with Gasteiger partial charge in [0.25, 0.3) is 0 Å². The van der Waals surface area contributed by atoms with Crippen molar-refractivity contribution in [2.75, 3.05) is 6.61 Å². The first-order valence-electron chi connectivity index (χ1n) is 8.33. The maximum atomic E-state index is 5.99. The van der Waals surface area contributed by atoms with Crippen molar-refractivity contribution in [2.45, 2.75) is 34.1 Å². The van der Waals surface area contributed by atoms with E-state index in [1.165, 1.54) is 22.3 Å². The van der Waals surface area contributed by atoms with Gasteiger partial charge < -0.3 is 9.25 Å². The molecule has 0 aliphatic carbocycles. The fourth-order valence-corrected chi connectivity index (χ4v) is 3.09. The van der Waals surface area contributed by atoms with Crippen LogP contribution < -0.4 is 0 Å². The van der Waals surface area contributed by atoms with Crippen molar-refractivity contribution >= 4 is 16.7 Å². The summed E-state index contributed by atoms with van der Waals surface area (Å²) in [4.78, 5) is 5.35. The van der Waals surface area contributed by atoms with Crippen LogP contribution in [0.3, 0.4) is 0 Å². The van der Waals surface area contributed by atoms with E-state index < -0.39 is 0 Å². The van der Waals surface area contributed by atoms with Crippen LogP contribution in [0.15, 0.2) is 52.0 Å². The number of fused-ring (bicyclic) bond motifs is 1.